The number of benzene rings is 2. The predicted octanol–water partition coefficient (Wildman–Crippen LogP) is 4.26. The summed E-state index contributed by atoms with van der Waals surface area (Å²) in [5, 5.41) is 0. The molecule has 0 atom stereocenters. The molecule has 0 unspecified atom stereocenters. The van der Waals surface area contributed by atoms with E-state index >= 15 is 0 Å². The van der Waals surface area contributed by atoms with Crippen LogP contribution in [-0.2, 0) is 11.2 Å². The van der Waals surface area contributed by atoms with Crippen LogP contribution >= 0.6 is 0 Å². The molecule has 1 fully saturated rings. The third kappa shape index (κ3) is 6.69. The molecule has 1 aliphatic rings. The summed E-state index contributed by atoms with van der Waals surface area (Å²) < 4.78 is 0. The van der Waals surface area contributed by atoms with E-state index in [2.05, 4.69) is 29.2 Å². The van der Waals surface area contributed by atoms with Gasteiger partial charge in [0.2, 0.25) is 5.91 Å². The number of piperidine rings is 1. The third-order valence-electron chi connectivity index (χ3n) is 5.12. The van der Waals surface area contributed by atoms with Crippen molar-refractivity contribution >= 4 is 12.0 Å². The lowest BCUT2D eigenvalue weighted by atomic mass is 10.1. The molecule has 1 saturated heterocycles. The molecule has 0 N–H and O–H groups in total. The lowest BCUT2D eigenvalue weighted by Gasteiger charge is -2.29. The Balaban J connectivity index is 1.59. The molecule has 0 radical (unpaired) electrons. The minimum atomic E-state index is 0.205. The highest BCUT2D eigenvalue weighted by molar-refractivity contribution is 5.79. The Labute approximate surface area is 163 Å². The van der Waals surface area contributed by atoms with Crippen molar-refractivity contribution in [2.24, 2.45) is 0 Å². The fourth-order valence-electron chi connectivity index (χ4n) is 3.53. The summed E-state index contributed by atoms with van der Waals surface area (Å²) in [6.45, 7) is 4.76. The van der Waals surface area contributed by atoms with E-state index in [0.717, 1.165) is 18.7 Å². The van der Waals surface area contributed by atoms with Crippen LogP contribution in [0.5, 0.6) is 0 Å². The molecule has 1 aliphatic heterocycles. The molecular formula is C24H30N2O. The number of carbonyl (C=O) groups is 1. The third-order valence-corrected chi connectivity index (χ3v) is 5.12. The van der Waals surface area contributed by atoms with E-state index in [0.29, 0.717) is 13.0 Å². The first-order valence-electron chi connectivity index (χ1n) is 10.1. The summed E-state index contributed by atoms with van der Waals surface area (Å²) in [5.41, 5.74) is 2.25. The van der Waals surface area contributed by atoms with Gasteiger partial charge in [-0.1, -0.05) is 79.2 Å². The van der Waals surface area contributed by atoms with Crippen LogP contribution in [0.2, 0.25) is 0 Å². The van der Waals surface area contributed by atoms with Crippen LogP contribution in [-0.4, -0.2) is 48.4 Å². The van der Waals surface area contributed by atoms with Gasteiger partial charge in [-0.15, -0.1) is 0 Å². The summed E-state index contributed by atoms with van der Waals surface area (Å²) in [6.07, 6.45) is 8.59. The molecular weight excluding hydrogens is 332 g/mol. The van der Waals surface area contributed by atoms with Crippen molar-refractivity contribution in [3.63, 3.8) is 0 Å². The number of carbonyl (C=O) groups excluding carboxylic acids is 1. The summed E-state index contributed by atoms with van der Waals surface area (Å²) in [6, 6.07) is 20.3. The normalized spacial score (nSPS) is 15.1. The second-order valence-corrected chi connectivity index (χ2v) is 7.22. The van der Waals surface area contributed by atoms with Gasteiger partial charge in [-0.3, -0.25) is 4.79 Å². The number of rotatable bonds is 8. The number of nitrogens with zero attached hydrogens (tertiary/aromatic N) is 2. The van der Waals surface area contributed by atoms with E-state index in [1.807, 2.05) is 53.4 Å². The van der Waals surface area contributed by atoms with Gasteiger partial charge in [0.05, 0.1) is 6.42 Å². The molecule has 142 valence electrons. The smallest absolute Gasteiger partial charge is 0.227 e. The lowest BCUT2D eigenvalue weighted by molar-refractivity contribution is -0.130. The monoisotopic (exact) mass is 362 g/mol. The van der Waals surface area contributed by atoms with E-state index in [1.54, 1.807) is 0 Å². The molecule has 27 heavy (non-hydrogen) atoms. The van der Waals surface area contributed by atoms with Crippen molar-refractivity contribution in [2.75, 3.05) is 32.7 Å². The molecule has 0 aliphatic carbocycles. The van der Waals surface area contributed by atoms with Crippen molar-refractivity contribution in [3.05, 3.63) is 77.9 Å². The average molecular weight is 363 g/mol. The van der Waals surface area contributed by atoms with Gasteiger partial charge in [0.15, 0.2) is 0 Å². The number of hydrogen-bond donors (Lipinski definition) is 0. The molecule has 1 heterocycles. The van der Waals surface area contributed by atoms with Crippen molar-refractivity contribution < 1.29 is 4.79 Å². The van der Waals surface area contributed by atoms with Crippen molar-refractivity contribution in [1.82, 2.24) is 9.80 Å². The van der Waals surface area contributed by atoms with Crippen molar-refractivity contribution in [1.29, 1.82) is 0 Å². The molecule has 3 rings (SSSR count). The van der Waals surface area contributed by atoms with Gasteiger partial charge in [-0.2, -0.15) is 0 Å². The van der Waals surface area contributed by atoms with Crippen LogP contribution in [0.15, 0.2) is 66.7 Å². The Bertz CT molecular complexity index is 706. The number of amides is 1. The Morgan fingerprint density at radius 1 is 0.926 bits per heavy atom. The van der Waals surface area contributed by atoms with Gasteiger partial charge in [0.25, 0.3) is 0 Å². The second kappa shape index (κ2) is 10.7. The van der Waals surface area contributed by atoms with Crippen LogP contribution in [0, 0.1) is 0 Å². The SMILES string of the molecule is O=C(Cc1ccccc1)N(C/C=C/c1ccccc1)CCN1CCCCC1. The zero-order chi connectivity index (χ0) is 18.7. The number of hydrogen-bond acceptors (Lipinski definition) is 2. The summed E-state index contributed by atoms with van der Waals surface area (Å²) in [7, 11) is 0. The van der Waals surface area contributed by atoms with Crippen molar-refractivity contribution in [2.45, 2.75) is 25.7 Å². The zero-order valence-electron chi connectivity index (χ0n) is 16.1. The first-order chi connectivity index (χ1) is 13.3. The minimum absolute atomic E-state index is 0.205. The molecule has 1 amide bonds. The van der Waals surface area contributed by atoms with E-state index in [9.17, 15) is 4.79 Å². The highest BCUT2D eigenvalue weighted by Crippen LogP contribution is 2.10. The van der Waals surface area contributed by atoms with Crippen LogP contribution in [0.1, 0.15) is 30.4 Å². The topological polar surface area (TPSA) is 23.6 Å². The standard InChI is InChI=1S/C24H30N2O/c27-24(21-23-13-6-2-7-14-23)26(20-19-25-16-8-3-9-17-25)18-10-15-22-11-4-1-5-12-22/h1-2,4-7,10-15H,3,8-9,16-21H2/b15-10+. The Kier molecular flexibility index (Phi) is 7.67. The summed E-state index contributed by atoms with van der Waals surface area (Å²) in [4.78, 5) is 17.4. The van der Waals surface area contributed by atoms with E-state index < -0.39 is 0 Å². The van der Waals surface area contributed by atoms with E-state index in [-0.39, 0.29) is 5.91 Å². The van der Waals surface area contributed by atoms with Crippen LogP contribution in [0.3, 0.4) is 0 Å². The second-order valence-electron chi connectivity index (χ2n) is 7.22. The Morgan fingerprint density at radius 2 is 1.59 bits per heavy atom. The molecule has 0 saturated carbocycles. The highest BCUT2D eigenvalue weighted by Gasteiger charge is 2.16. The maximum absolute atomic E-state index is 12.9. The molecule has 2 aromatic carbocycles. The van der Waals surface area contributed by atoms with Gasteiger partial charge in [0.1, 0.15) is 0 Å². The fourth-order valence-corrected chi connectivity index (χ4v) is 3.53. The minimum Gasteiger partial charge on any atom is -0.337 e. The summed E-state index contributed by atoms with van der Waals surface area (Å²) in [5.74, 6) is 0.205. The molecule has 0 spiro atoms. The maximum Gasteiger partial charge on any atom is 0.227 e. The first-order valence-corrected chi connectivity index (χ1v) is 10.1. The quantitative estimate of drug-likeness (QED) is 0.701. The number of likely N-dealkylation sites (tertiary alicyclic amines) is 1. The first kappa shape index (κ1) is 19.4. The molecule has 2 aromatic rings. The van der Waals surface area contributed by atoms with E-state index in [1.165, 1.54) is 37.9 Å². The highest BCUT2D eigenvalue weighted by atomic mass is 16.2. The molecule has 0 aromatic heterocycles. The molecule has 3 nitrogen and oxygen atoms in total. The van der Waals surface area contributed by atoms with Gasteiger partial charge >= 0.3 is 0 Å². The van der Waals surface area contributed by atoms with Crippen molar-refractivity contribution in [3.8, 4) is 0 Å². The summed E-state index contributed by atoms with van der Waals surface area (Å²) >= 11 is 0. The largest absolute Gasteiger partial charge is 0.337 e. The fraction of sp³-hybridized carbons (Fsp3) is 0.375. The van der Waals surface area contributed by atoms with Gasteiger partial charge in [0, 0.05) is 19.6 Å². The van der Waals surface area contributed by atoms with E-state index in [4.69, 9.17) is 0 Å². The van der Waals surface area contributed by atoms with Crippen LogP contribution < -0.4 is 0 Å². The molecule has 3 heteroatoms. The van der Waals surface area contributed by atoms with Gasteiger partial charge < -0.3 is 9.80 Å². The average Bonchev–Trinajstić information content (AvgIpc) is 2.72. The van der Waals surface area contributed by atoms with Crippen LogP contribution in [0.4, 0.5) is 0 Å². The van der Waals surface area contributed by atoms with Gasteiger partial charge in [-0.05, 0) is 37.1 Å². The lowest BCUT2D eigenvalue weighted by Crippen LogP contribution is -2.41. The zero-order valence-corrected chi connectivity index (χ0v) is 16.1. The van der Waals surface area contributed by atoms with Gasteiger partial charge in [-0.25, -0.2) is 0 Å². The Hall–Kier alpha value is -2.39. The Morgan fingerprint density at radius 3 is 2.30 bits per heavy atom. The molecule has 0 bridgehead atoms. The maximum atomic E-state index is 12.9. The van der Waals surface area contributed by atoms with Crippen LogP contribution in [0.25, 0.3) is 6.08 Å². The predicted molar refractivity (Wildman–Crippen MR) is 112 cm³/mol.